The van der Waals surface area contributed by atoms with Crippen molar-refractivity contribution in [2.24, 2.45) is 7.05 Å². The van der Waals surface area contributed by atoms with Crippen LogP contribution in [0.5, 0.6) is 0 Å². The van der Waals surface area contributed by atoms with E-state index in [2.05, 4.69) is 5.10 Å². The Kier molecular flexibility index (Phi) is 6.13. The summed E-state index contributed by atoms with van der Waals surface area (Å²) >= 11 is 0. The Morgan fingerprint density at radius 3 is 1.89 bits per heavy atom. The highest BCUT2D eigenvalue weighted by Crippen LogP contribution is 2.50. The van der Waals surface area contributed by atoms with Crippen molar-refractivity contribution >= 4 is 10.9 Å². The number of hydrogen-bond donors (Lipinski definition) is 1. The van der Waals surface area contributed by atoms with E-state index >= 15 is 0 Å². The second kappa shape index (κ2) is 8.54. The number of aryl methyl sites for hydroxylation is 2. The van der Waals surface area contributed by atoms with Crippen LogP contribution in [0, 0.1) is 6.92 Å². The van der Waals surface area contributed by atoms with Gasteiger partial charge >= 0.3 is 18.5 Å². The third-order valence-electron chi connectivity index (χ3n) is 6.15. The second-order valence-corrected chi connectivity index (χ2v) is 8.57. The lowest BCUT2D eigenvalue weighted by molar-refractivity contribution is -0.376. The molecule has 0 aliphatic rings. The van der Waals surface area contributed by atoms with Gasteiger partial charge in [-0.1, -0.05) is 18.2 Å². The van der Waals surface area contributed by atoms with E-state index in [1.165, 1.54) is 22.9 Å². The number of nitrogens with zero attached hydrogens (tertiary/aromatic N) is 3. The molecule has 4 rings (SSSR count). The summed E-state index contributed by atoms with van der Waals surface area (Å²) in [5.74, 6) is 0. The predicted molar refractivity (Wildman–Crippen MR) is 115 cm³/mol. The van der Waals surface area contributed by atoms with Gasteiger partial charge in [0.25, 0.3) is 5.60 Å². The number of alkyl halides is 9. The summed E-state index contributed by atoms with van der Waals surface area (Å²) in [6, 6.07) is 9.69. The van der Waals surface area contributed by atoms with Crippen molar-refractivity contribution in [3.63, 3.8) is 0 Å². The molecule has 0 fully saturated rings. The van der Waals surface area contributed by atoms with Gasteiger partial charge in [-0.25, -0.2) is 0 Å². The fourth-order valence-corrected chi connectivity index (χ4v) is 4.12. The number of benzene rings is 2. The quantitative estimate of drug-likeness (QED) is 0.295. The van der Waals surface area contributed by atoms with Crippen LogP contribution in [0.4, 0.5) is 39.5 Å². The SMILES string of the molecule is Cc1cc2cc(C(O)(C(F)(F)F)C(F)(F)F)ccc2n1Cc1cc(-c2ccc(C(F)(F)F)cc2)nn1C. The third-order valence-corrected chi connectivity index (χ3v) is 6.15. The number of rotatable bonds is 4. The first kappa shape index (κ1) is 26.6. The Labute approximate surface area is 203 Å². The first-order valence-corrected chi connectivity index (χ1v) is 10.6. The molecule has 4 aromatic rings. The lowest BCUT2D eigenvalue weighted by Crippen LogP contribution is -2.53. The van der Waals surface area contributed by atoms with Crippen LogP contribution in [0.15, 0.2) is 54.6 Å². The monoisotopic (exact) mass is 535 g/mol. The van der Waals surface area contributed by atoms with Crippen molar-refractivity contribution in [2.45, 2.75) is 37.6 Å². The van der Waals surface area contributed by atoms with Crippen molar-refractivity contribution in [2.75, 3.05) is 0 Å². The maximum absolute atomic E-state index is 13.3. The van der Waals surface area contributed by atoms with Crippen LogP contribution >= 0.6 is 0 Å². The van der Waals surface area contributed by atoms with Gasteiger partial charge in [0.05, 0.1) is 23.5 Å². The normalized spacial score (nSPS) is 13.5. The summed E-state index contributed by atoms with van der Waals surface area (Å²) in [7, 11) is 1.59. The Hall–Kier alpha value is -3.48. The van der Waals surface area contributed by atoms with Crippen molar-refractivity contribution in [1.82, 2.24) is 14.3 Å². The fraction of sp³-hybridized carbons (Fsp3) is 0.292. The van der Waals surface area contributed by atoms with Crippen molar-refractivity contribution in [3.05, 3.63) is 77.1 Å². The summed E-state index contributed by atoms with van der Waals surface area (Å²) in [4.78, 5) is 0. The average Bonchev–Trinajstić information content (AvgIpc) is 3.30. The number of aliphatic hydroxyl groups is 1. The van der Waals surface area contributed by atoms with E-state index in [1.807, 2.05) is 0 Å². The highest BCUT2D eigenvalue weighted by molar-refractivity contribution is 5.82. The zero-order valence-electron chi connectivity index (χ0n) is 19.1. The lowest BCUT2D eigenvalue weighted by Gasteiger charge is -2.32. The number of aromatic nitrogens is 3. The predicted octanol–water partition coefficient (Wildman–Crippen LogP) is 6.73. The molecule has 13 heteroatoms. The van der Waals surface area contributed by atoms with Crippen LogP contribution in [-0.2, 0) is 25.4 Å². The van der Waals surface area contributed by atoms with E-state index in [0.717, 1.165) is 18.2 Å². The van der Waals surface area contributed by atoms with Gasteiger partial charge in [0.15, 0.2) is 0 Å². The minimum atomic E-state index is -6.00. The molecule has 4 nitrogen and oxygen atoms in total. The molecule has 198 valence electrons. The fourth-order valence-electron chi connectivity index (χ4n) is 4.12. The van der Waals surface area contributed by atoms with Gasteiger partial charge in [0.2, 0.25) is 0 Å². The van der Waals surface area contributed by atoms with Crippen LogP contribution in [0.3, 0.4) is 0 Å². The zero-order valence-corrected chi connectivity index (χ0v) is 19.1. The van der Waals surface area contributed by atoms with Gasteiger partial charge in [-0.2, -0.15) is 44.6 Å². The van der Waals surface area contributed by atoms with E-state index in [4.69, 9.17) is 0 Å². The Morgan fingerprint density at radius 2 is 1.35 bits per heavy atom. The summed E-state index contributed by atoms with van der Waals surface area (Å²) < 4.78 is 121. The molecule has 0 saturated carbocycles. The van der Waals surface area contributed by atoms with Crippen LogP contribution in [0.2, 0.25) is 0 Å². The van der Waals surface area contributed by atoms with Crippen molar-refractivity contribution < 1.29 is 44.6 Å². The molecule has 2 heterocycles. The maximum atomic E-state index is 13.3. The van der Waals surface area contributed by atoms with Gasteiger partial charge < -0.3 is 9.67 Å². The van der Waals surface area contributed by atoms with E-state index in [9.17, 15) is 44.6 Å². The van der Waals surface area contributed by atoms with Gasteiger partial charge in [-0.15, -0.1) is 0 Å². The van der Waals surface area contributed by atoms with Crippen molar-refractivity contribution in [3.8, 4) is 11.3 Å². The molecule has 1 N–H and O–H groups in total. The number of fused-ring (bicyclic) bond motifs is 1. The standard InChI is InChI=1S/C24H18F9N3O/c1-13-9-15-10-17(21(37,23(28,29)30)24(31,32)33)7-8-20(15)36(13)12-18-11-19(34-35(18)2)14-3-5-16(6-4-14)22(25,26)27/h3-11,37H,12H2,1-2H3. The van der Waals surface area contributed by atoms with Gasteiger partial charge in [0.1, 0.15) is 0 Å². The minimum Gasteiger partial charge on any atom is -0.369 e. The van der Waals surface area contributed by atoms with Crippen LogP contribution in [-0.4, -0.2) is 31.8 Å². The summed E-state index contributed by atoms with van der Waals surface area (Å²) in [6.07, 6.45) is -16.5. The molecule has 0 radical (unpaired) electrons. The number of hydrogen-bond acceptors (Lipinski definition) is 2. The molecule has 0 unspecified atom stereocenters. The maximum Gasteiger partial charge on any atom is 0.430 e. The number of halogens is 9. The average molecular weight is 535 g/mol. The zero-order chi connectivity index (χ0) is 27.6. The highest BCUT2D eigenvalue weighted by atomic mass is 19.4. The summed E-state index contributed by atoms with van der Waals surface area (Å²) in [5.41, 5.74) is -5.02. The van der Waals surface area contributed by atoms with Crippen LogP contribution < -0.4 is 0 Å². The molecule has 0 saturated heterocycles. The first-order valence-electron chi connectivity index (χ1n) is 10.6. The first-order chi connectivity index (χ1) is 16.9. The second-order valence-electron chi connectivity index (χ2n) is 8.57. The molecular formula is C24H18F9N3O. The Balaban J connectivity index is 1.70. The molecule has 37 heavy (non-hydrogen) atoms. The van der Waals surface area contributed by atoms with Gasteiger partial charge in [-0.05, 0) is 43.3 Å². The Morgan fingerprint density at radius 1 is 0.784 bits per heavy atom. The molecule has 0 atom stereocenters. The van der Waals surface area contributed by atoms with Gasteiger partial charge in [-0.3, -0.25) is 4.68 Å². The molecule has 2 aromatic heterocycles. The third kappa shape index (κ3) is 4.56. The molecule has 0 spiro atoms. The molecule has 2 aromatic carbocycles. The smallest absolute Gasteiger partial charge is 0.369 e. The molecule has 0 aliphatic carbocycles. The minimum absolute atomic E-state index is 0.0482. The van der Waals surface area contributed by atoms with Crippen LogP contribution in [0.1, 0.15) is 22.5 Å². The Bertz CT molecular complexity index is 1430. The van der Waals surface area contributed by atoms with E-state index < -0.39 is 35.3 Å². The molecule has 0 bridgehead atoms. The van der Waals surface area contributed by atoms with Gasteiger partial charge in [0, 0.05) is 34.8 Å². The van der Waals surface area contributed by atoms with E-state index in [1.54, 1.807) is 24.6 Å². The summed E-state index contributed by atoms with van der Waals surface area (Å²) in [6.45, 7) is 1.72. The highest BCUT2D eigenvalue weighted by Gasteiger charge is 2.71. The molecule has 0 aliphatic heterocycles. The van der Waals surface area contributed by atoms with Crippen LogP contribution in [0.25, 0.3) is 22.2 Å². The summed E-state index contributed by atoms with van der Waals surface area (Å²) in [5, 5.41) is 14.1. The topological polar surface area (TPSA) is 43.0 Å². The molecule has 0 amide bonds. The molecular weight excluding hydrogens is 517 g/mol. The van der Waals surface area contributed by atoms with Crippen molar-refractivity contribution in [1.29, 1.82) is 0 Å². The lowest BCUT2D eigenvalue weighted by atomic mass is 9.91. The van der Waals surface area contributed by atoms with E-state index in [-0.39, 0.29) is 11.9 Å². The largest absolute Gasteiger partial charge is 0.430 e. The van der Waals surface area contributed by atoms with E-state index in [0.29, 0.717) is 40.3 Å².